The van der Waals surface area contributed by atoms with Gasteiger partial charge in [0, 0.05) is 46.6 Å². The molecular formula is C19H31IN4O2. The first-order valence-electron chi connectivity index (χ1n) is 9.05. The van der Waals surface area contributed by atoms with Gasteiger partial charge in [0.05, 0.1) is 0 Å². The number of amides is 1. The highest BCUT2D eigenvalue weighted by Crippen LogP contribution is 2.18. The van der Waals surface area contributed by atoms with Crippen molar-refractivity contribution >= 4 is 35.8 Å². The van der Waals surface area contributed by atoms with E-state index in [1.807, 2.05) is 30.3 Å². The molecule has 0 aromatic heterocycles. The second-order valence-electron chi connectivity index (χ2n) is 6.47. The lowest BCUT2D eigenvalue weighted by atomic mass is 10.1. The molecule has 0 atom stereocenters. The number of nitrogens with one attached hydrogen (secondary N) is 1. The van der Waals surface area contributed by atoms with Gasteiger partial charge in [-0.2, -0.15) is 0 Å². The number of halogens is 1. The first-order valence-corrected chi connectivity index (χ1v) is 9.05. The van der Waals surface area contributed by atoms with Crippen LogP contribution in [0, 0.1) is 0 Å². The zero-order valence-electron chi connectivity index (χ0n) is 16.0. The van der Waals surface area contributed by atoms with Gasteiger partial charge in [-0.15, -0.1) is 24.0 Å². The zero-order chi connectivity index (χ0) is 18.1. The highest BCUT2D eigenvalue weighted by Gasteiger charge is 2.23. The number of piperidine rings is 1. The number of nitrogens with zero attached hydrogens (tertiary/aromatic N) is 3. The van der Waals surface area contributed by atoms with Gasteiger partial charge in [0.25, 0.3) is 0 Å². The molecule has 146 valence electrons. The second-order valence-corrected chi connectivity index (χ2v) is 6.47. The summed E-state index contributed by atoms with van der Waals surface area (Å²) in [5.74, 6) is 1.77. The first-order chi connectivity index (χ1) is 12.1. The van der Waals surface area contributed by atoms with Gasteiger partial charge in [0.1, 0.15) is 18.4 Å². The number of rotatable bonds is 6. The van der Waals surface area contributed by atoms with Crippen molar-refractivity contribution < 1.29 is 9.53 Å². The fourth-order valence-corrected chi connectivity index (χ4v) is 2.67. The van der Waals surface area contributed by atoms with E-state index in [9.17, 15) is 4.79 Å². The van der Waals surface area contributed by atoms with Gasteiger partial charge in [-0.1, -0.05) is 25.1 Å². The molecule has 0 saturated carbocycles. The Bertz CT molecular complexity index is 558. The molecule has 0 bridgehead atoms. The molecule has 0 unspecified atom stereocenters. The van der Waals surface area contributed by atoms with Crippen LogP contribution < -0.4 is 10.1 Å². The van der Waals surface area contributed by atoms with Crippen LogP contribution in [0.1, 0.15) is 26.2 Å². The average molecular weight is 474 g/mol. The minimum absolute atomic E-state index is 0. The van der Waals surface area contributed by atoms with Crippen LogP contribution in [0.3, 0.4) is 0 Å². The molecule has 1 fully saturated rings. The summed E-state index contributed by atoms with van der Waals surface area (Å²) < 4.78 is 6.05. The van der Waals surface area contributed by atoms with Gasteiger partial charge in [0.2, 0.25) is 5.91 Å². The number of likely N-dealkylation sites (N-methyl/N-ethyl adjacent to an activating group) is 1. The summed E-state index contributed by atoms with van der Waals surface area (Å²) in [5.41, 5.74) is 0. The van der Waals surface area contributed by atoms with Crippen molar-refractivity contribution in [2.24, 2.45) is 4.99 Å². The fraction of sp³-hybridized carbons (Fsp3) is 0.579. The second kappa shape index (κ2) is 12.0. The molecule has 1 aliphatic heterocycles. The Morgan fingerprint density at radius 2 is 1.92 bits per heavy atom. The summed E-state index contributed by atoms with van der Waals surface area (Å²) in [6.45, 7) is 4.91. The molecule has 0 radical (unpaired) electrons. The largest absolute Gasteiger partial charge is 0.490 e. The first kappa shape index (κ1) is 22.5. The zero-order valence-corrected chi connectivity index (χ0v) is 18.3. The predicted molar refractivity (Wildman–Crippen MR) is 116 cm³/mol. The van der Waals surface area contributed by atoms with E-state index in [2.05, 4.69) is 22.1 Å². The van der Waals surface area contributed by atoms with Crippen molar-refractivity contribution in [3.63, 3.8) is 0 Å². The maximum Gasteiger partial charge on any atom is 0.243 e. The van der Waals surface area contributed by atoms with Gasteiger partial charge >= 0.3 is 0 Å². The number of aliphatic imine (C=N–C) groups is 1. The molecule has 0 aliphatic carbocycles. The highest BCUT2D eigenvalue weighted by atomic mass is 127. The molecule has 1 amide bonds. The smallest absolute Gasteiger partial charge is 0.243 e. The van der Waals surface area contributed by atoms with Crippen molar-refractivity contribution in [2.75, 3.05) is 40.3 Å². The van der Waals surface area contributed by atoms with Crippen LogP contribution in [0.5, 0.6) is 5.75 Å². The summed E-state index contributed by atoms with van der Waals surface area (Å²) in [4.78, 5) is 20.1. The predicted octanol–water partition coefficient (Wildman–Crippen LogP) is 2.59. The van der Waals surface area contributed by atoms with Gasteiger partial charge in [-0.25, -0.2) is 4.99 Å². The van der Waals surface area contributed by atoms with Crippen LogP contribution in [0.4, 0.5) is 0 Å². The lowest BCUT2D eigenvalue weighted by molar-refractivity contribution is -0.127. The average Bonchev–Trinajstić information content (AvgIpc) is 2.63. The van der Waals surface area contributed by atoms with E-state index in [0.29, 0.717) is 0 Å². The summed E-state index contributed by atoms with van der Waals surface area (Å²) in [6.07, 6.45) is 3.15. The van der Waals surface area contributed by atoms with Gasteiger partial charge in [0.15, 0.2) is 5.96 Å². The number of carbonyl (C=O) groups excluding carboxylic acids is 1. The van der Waals surface area contributed by atoms with Crippen LogP contribution in [0.25, 0.3) is 0 Å². The summed E-state index contributed by atoms with van der Waals surface area (Å²) in [6, 6.07) is 9.97. The Morgan fingerprint density at radius 3 is 2.50 bits per heavy atom. The number of hydrogen-bond acceptors (Lipinski definition) is 3. The van der Waals surface area contributed by atoms with Crippen molar-refractivity contribution in [1.82, 2.24) is 15.1 Å². The number of hydrogen-bond donors (Lipinski definition) is 1. The van der Waals surface area contributed by atoms with Crippen molar-refractivity contribution in [3.8, 4) is 5.75 Å². The van der Waals surface area contributed by atoms with Crippen LogP contribution in [0.15, 0.2) is 35.3 Å². The van der Waals surface area contributed by atoms with Crippen LogP contribution >= 0.6 is 24.0 Å². The molecule has 0 spiro atoms. The van der Waals surface area contributed by atoms with E-state index in [1.54, 1.807) is 19.0 Å². The molecule has 6 nitrogen and oxygen atoms in total. The fourth-order valence-electron chi connectivity index (χ4n) is 2.67. The van der Waals surface area contributed by atoms with Gasteiger partial charge in [-0.3, -0.25) is 4.79 Å². The molecule has 1 aromatic carbocycles. The normalized spacial score (nSPS) is 15.2. The van der Waals surface area contributed by atoms with E-state index in [-0.39, 0.29) is 42.5 Å². The number of likely N-dealkylation sites (tertiary alicyclic amines) is 1. The maximum absolute atomic E-state index is 11.8. The SMILES string of the molecule is CCCNC(=NCC(=O)N(C)C)N1CCC(Oc2ccccc2)CC1.I. The number of benzene rings is 1. The van der Waals surface area contributed by atoms with E-state index >= 15 is 0 Å². The van der Waals surface area contributed by atoms with Crippen molar-refractivity contribution in [1.29, 1.82) is 0 Å². The monoisotopic (exact) mass is 474 g/mol. The maximum atomic E-state index is 11.8. The number of guanidine groups is 1. The molecule has 1 heterocycles. The van der Waals surface area contributed by atoms with Crippen LogP contribution in [0.2, 0.25) is 0 Å². The molecule has 2 rings (SSSR count). The summed E-state index contributed by atoms with van der Waals surface area (Å²) in [7, 11) is 3.51. The Balaban J connectivity index is 0.00000338. The minimum Gasteiger partial charge on any atom is -0.490 e. The molecule has 1 N–H and O–H groups in total. The van der Waals surface area contributed by atoms with E-state index in [0.717, 1.165) is 50.6 Å². The Morgan fingerprint density at radius 1 is 1.27 bits per heavy atom. The van der Waals surface area contributed by atoms with E-state index in [4.69, 9.17) is 4.74 Å². The van der Waals surface area contributed by atoms with Gasteiger partial charge < -0.3 is 19.9 Å². The van der Waals surface area contributed by atoms with Crippen molar-refractivity contribution in [3.05, 3.63) is 30.3 Å². The molecule has 26 heavy (non-hydrogen) atoms. The number of ether oxygens (including phenoxy) is 1. The lowest BCUT2D eigenvalue weighted by Crippen LogP contribution is -2.48. The third-order valence-corrected chi connectivity index (χ3v) is 4.18. The minimum atomic E-state index is 0. The third kappa shape index (κ3) is 7.39. The van der Waals surface area contributed by atoms with Crippen LogP contribution in [-0.4, -0.2) is 68.0 Å². The molecule has 7 heteroatoms. The topological polar surface area (TPSA) is 57.2 Å². The highest BCUT2D eigenvalue weighted by molar-refractivity contribution is 14.0. The standard InChI is InChI=1S/C19H30N4O2.HI/c1-4-12-20-19(21-15-18(24)22(2)3)23-13-10-17(11-14-23)25-16-8-6-5-7-9-16;/h5-9,17H,4,10-15H2,1-3H3,(H,20,21);1H. The molecule has 1 saturated heterocycles. The van der Waals surface area contributed by atoms with Crippen molar-refractivity contribution in [2.45, 2.75) is 32.3 Å². The Labute approximate surface area is 174 Å². The van der Waals surface area contributed by atoms with E-state index < -0.39 is 0 Å². The quantitative estimate of drug-likeness (QED) is 0.391. The Kier molecular flexibility index (Phi) is 10.4. The van der Waals surface area contributed by atoms with E-state index in [1.165, 1.54) is 0 Å². The lowest BCUT2D eigenvalue weighted by Gasteiger charge is -2.34. The molecule has 1 aromatic rings. The summed E-state index contributed by atoms with van der Waals surface area (Å²) in [5, 5.41) is 3.36. The Hall–Kier alpha value is -1.51. The number of para-hydroxylation sites is 1. The molecule has 1 aliphatic rings. The van der Waals surface area contributed by atoms with Gasteiger partial charge in [-0.05, 0) is 18.6 Å². The summed E-state index contributed by atoms with van der Waals surface area (Å²) >= 11 is 0. The van der Waals surface area contributed by atoms with Crippen LogP contribution in [-0.2, 0) is 4.79 Å². The third-order valence-electron chi connectivity index (χ3n) is 4.18. The molecular weight excluding hydrogens is 443 g/mol. The number of carbonyl (C=O) groups is 1.